The average Bonchev–Trinajstić information content (AvgIpc) is 2.21. The van der Waals surface area contributed by atoms with E-state index in [0.717, 1.165) is 10.6 Å². The van der Waals surface area contributed by atoms with Gasteiger partial charge < -0.3 is 5.11 Å². The van der Waals surface area contributed by atoms with Crippen LogP contribution in [0.4, 0.5) is 0 Å². The number of aromatic nitrogens is 1. The molecule has 0 spiro atoms. The highest BCUT2D eigenvalue weighted by Crippen LogP contribution is 2.17. The smallest absolute Gasteiger partial charge is 0.397 e. The molecule has 18 heavy (non-hydrogen) atoms. The topological polar surface area (TPSA) is 130 Å². The van der Waals surface area contributed by atoms with Crippen LogP contribution in [0, 0.1) is 18.3 Å². The summed E-state index contributed by atoms with van der Waals surface area (Å²) in [6.45, 7) is 0.623. The van der Waals surface area contributed by atoms with Gasteiger partial charge in [-0.05, 0) is 12.5 Å². The standard InChI is InChI=1S/C9H10N2O6S/c1-6-4-8(12)11(9(13)7(6)5-10)2-3-17-18(14,15)16/h4,13H,2-3H2,1H3,(H,14,15,16). The molecule has 0 aliphatic carbocycles. The Bertz CT molecular complexity index is 655. The molecule has 8 nitrogen and oxygen atoms in total. The molecule has 0 aliphatic rings. The fourth-order valence-corrected chi connectivity index (χ4v) is 1.62. The minimum absolute atomic E-state index is 0.0820. The Hall–Kier alpha value is -1.89. The van der Waals surface area contributed by atoms with Crippen LogP contribution in [-0.4, -0.2) is 29.3 Å². The second-order valence-electron chi connectivity index (χ2n) is 3.38. The van der Waals surface area contributed by atoms with Crippen molar-refractivity contribution in [2.75, 3.05) is 6.61 Å². The maximum absolute atomic E-state index is 11.5. The number of hydrogen-bond acceptors (Lipinski definition) is 6. The first-order valence-corrected chi connectivity index (χ1v) is 6.08. The number of rotatable bonds is 4. The Kier molecular flexibility index (Phi) is 4.07. The molecule has 98 valence electrons. The van der Waals surface area contributed by atoms with Gasteiger partial charge in [0.05, 0.1) is 13.2 Å². The van der Waals surface area contributed by atoms with Gasteiger partial charge in [-0.15, -0.1) is 0 Å². The molecule has 0 fully saturated rings. The first kappa shape index (κ1) is 14.2. The van der Waals surface area contributed by atoms with Gasteiger partial charge in [-0.3, -0.25) is 13.9 Å². The quantitative estimate of drug-likeness (QED) is 0.711. The van der Waals surface area contributed by atoms with Crippen molar-refractivity contribution < 1.29 is 22.3 Å². The molecular formula is C9H10N2O6S. The predicted molar refractivity (Wildman–Crippen MR) is 59.3 cm³/mol. The normalized spacial score (nSPS) is 11.2. The number of aryl methyl sites for hydroxylation is 1. The molecule has 1 aromatic rings. The Balaban J connectivity index is 3.04. The van der Waals surface area contributed by atoms with Crippen LogP contribution in [0.2, 0.25) is 0 Å². The summed E-state index contributed by atoms with van der Waals surface area (Å²) in [6, 6.07) is 2.85. The molecule has 0 radical (unpaired) electrons. The Morgan fingerprint density at radius 2 is 2.17 bits per heavy atom. The highest BCUT2D eigenvalue weighted by atomic mass is 32.3. The lowest BCUT2D eigenvalue weighted by Gasteiger charge is -2.10. The van der Waals surface area contributed by atoms with Crippen molar-refractivity contribution in [3.8, 4) is 11.9 Å². The van der Waals surface area contributed by atoms with E-state index in [1.54, 1.807) is 6.07 Å². The van der Waals surface area contributed by atoms with Crippen molar-refractivity contribution in [3.63, 3.8) is 0 Å². The first-order chi connectivity index (χ1) is 8.26. The van der Waals surface area contributed by atoms with E-state index in [0.29, 0.717) is 5.56 Å². The average molecular weight is 274 g/mol. The van der Waals surface area contributed by atoms with Crippen LogP contribution in [-0.2, 0) is 21.1 Å². The maximum atomic E-state index is 11.5. The Morgan fingerprint density at radius 3 is 2.67 bits per heavy atom. The fraction of sp³-hybridized carbons (Fsp3) is 0.333. The summed E-state index contributed by atoms with van der Waals surface area (Å²) in [6.07, 6.45) is 0. The van der Waals surface area contributed by atoms with Crippen LogP contribution in [0.3, 0.4) is 0 Å². The molecule has 2 N–H and O–H groups in total. The van der Waals surface area contributed by atoms with Gasteiger partial charge in [-0.2, -0.15) is 13.7 Å². The SMILES string of the molecule is Cc1cc(=O)n(CCOS(=O)(=O)O)c(O)c1C#N. The van der Waals surface area contributed by atoms with Crippen LogP contribution in [0.25, 0.3) is 0 Å². The summed E-state index contributed by atoms with van der Waals surface area (Å²) in [5.74, 6) is -0.568. The number of pyridine rings is 1. The fourth-order valence-electron chi connectivity index (χ4n) is 1.34. The van der Waals surface area contributed by atoms with Crippen LogP contribution < -0.4 is 5.56 Å². The molecule has 1 heterocycles. The highest BCUT2D eigenvalue weighted by Gasteiger charge is 2.13. The van der Waals surface area contributed by atoms with Gasteiger partial charge in [0.1, 0.15) is 11.6 Å². The lowest BCUT2D eigenvalue weighted by atomic mass is 10.1. The highest BCUT2D eigenvalue weighted by molar-refractivity contribution is 7.80. The minimum atomic E-state index is -4.61. The molecular weight excluding hydrogens is 264 g/mol. The summed E-state index contributed by atoms with van der Waals surface area (Å²) in [7, 11) is -4.61. The van der Waals surface area contributed by atoms with Crippen molar-refractivity contribution in [2.45, 2.75) is 13.5 Å². The zero-order chi connectivity index (χ0) is 13.9. The van der Waals surface area contributed by atoms with E-state index in [1.165, 1.54) is 6.92 Å². The van der Waals surface area contributed by atoms with Gasteiger partial charge in [-0.25, -0.2) is 4.18 Å². The third-order valence-corrected chi connectivity index (χ3v) is 2.60. The molecule has 1 aromatic heterocycles. The van der Waals surface area contributed by atoms with Crippen molar-refractivity contribution in [1.82, 2.24) is 4.57 Å². The molecule has 0 bridgehead atoms. The predicted octanol–water partition coefficient (Wildman–Crippen LogP) is -0.447. The van der Waals surface area contributed by atoms with Gasteiger partial charge in [-0.1, -0.05) is 0 Å². The second-order valence-corrected chi connectivity index (χ2v) is 4.47. The van der Waals surface area contributed by atoms with E-state index in [-0.39, 0.29) is 12.1 Å². The van der Waals surface area contributed by atoms with Gasteiger partial charge in [0.15, 0.2) is 0 Å². The third kappa shape index (κ3) is 3.30. The lowest BCUT2D eigenvalue weighted by molar-refractivity contribution is 0.249. The monoisotopic (exact) mass is 274 g/mol. The molecule has 0 saturated heterocycles. The summed E-state index contributed by atoms with van der Waals surface area (Å²) in [5, 5.41) is 18.4. The summed E-state index contributed by atoms with van der Waals surface area (Å²) in [4.78, 5) is 11.5. The molecule has 0 aliphatic heterocycles. The number of hydrogen-bond donors (Lipinski definition) is 2. The molecule has 0 aromatic carbocycles. The van der Waals surface area contributed by atoms with E-state index in [2.05, 4.69) is 4.18 Å². The third-order valence-electron chi connectivity index (χ3n) is 2.14. The van der Waals surface area contributed by atoms with E-state index in [1.807, 2.05) is 0 Å². The molecule has 1 rings (SSSR count). The van der Waals surface area contributed by atoms with Crippen molar-refractivity contribution in [2.24, 2.45) is 0 Å². The van der Waals surface area contributed by atoms with Gasteiger partial charge in [0.2, 0.25) is 5.88 Å². The van der Waals surface area contributed by atoms with Crippen LogP contribution in [0.5, 0.6) is 5.88 Å². The first-order valence-electron chi connectivity index (χ1n) is 4.71. The van der Waals surface area contributed by atoms with Crippen LogP contribution >= 0.6 is 0 Å². The van der Waals surface area contributed by atoms with Crippen molar-refractivity contribution >= 4 is 10.4 Å². The van der Waals surface area contributed by atoms with E-state index in [9.17, 15) is 18.3 Å². The van der Waals surface area contributed by atoms with Crippen LogP contribution in [0.1, 0.15) is 11.1 Å². The summed E-state index contributed by atoms with van der Waals surface area (Å²) < 4.78 is 33.7. The van der Waals surface area contributed by atoms with Gasteiger partial charge >= 0.3 is 10.4 Å². The molecule has 0 unspecified atom stereocenters. The van der Waals surface area contributed by atoms with Crippen molar-refractivity contribution in [1.29, 1.82) is 5.26 Å². The lowest BCUT2D eigenvalue weighted by Crippen LogP contribution is -2.23. The Morgan fingerprint density at radius 1 is 1.56 bits per heavy atom. The largest absolute Gasteiger partial charge is 0.493 e. The Labute approximate surface area is 103 Å². The molecule has 0 amide bonds. The van der Waals surface area contributed by atoms with Crippen molar-refractivity contribution in [3.05, 3.63) is 27.5 Å². The van der Waals surface area contributed by atoms with E-state index in [4.69, 9.17) is 9.81 Å². The molecule has 0 atom stereocenters. The zero-order valence-corrected chi connectivity index (χ0v) is 10.1. The molecule has 0 saturated carbocycles. The number of nitrogens with zero attached hydrogens (tertiary/aromatic N) is 2. The summed E-state index contributed by atoms with van der Waals surface area (Å²) >= 11 is 0. The maximum Gasteiger partial charge on any atom is 0.397 e. The van der Waals surface area contributed by atoms with Gasteiger partial charge in [0.25, 0.3) is 5.56 Å². The minimum Gasteiger partial charge on any atom is -0.493 e. The number of nitriles is 1. The number of aromatic hydroxyl groups is 1. The van der Waals surface area contributed by atoms with E-state index < -0.39 is 28.4 Å². The van der Waals surface area contributed by atoms with E-state index >= 15 is 0 Å². The second kappa shape index (κ2) is 5.18. The molecule has 9 heteroatoms. The van der Waals surface area contributed by atoms with Gasteiger partial charge in [0, 0.05) is 6.07 Å². The zero-order valence-electron chi connectivity index (χ0n) is 9.32. The summed E-state index contributed by atoms with van der Waals surface area (Å²) in [5.41, 5.74) is -0.378. The van der Waals surface area contributed by atoms with Crippen LogP contribution in [0.15, 0.2) is 10.9 Å².